The fourth-order valence-electron chi connectivity index (χ4n) is 7.99. The highest BCUT2D eigenvalue weighted by Gasteiger charge is 2.44. The van der Waals surface area contributed by atoms with Gasteiger partial charge in [-0.2, -0.15) is 0 Å². The van der Waals surface area contributed by atoms with Crippen LogP contribution in [-0.4, -0.2) is 89.0 Å². The standard InChI is InChI=1S/C52H96O10/c1-3-5-7-9-11-13-15-17-19-21-22-23-24-25-27-28-30-32-34-36-38-40-47(54)59-43-45(44-60-52-51(58)50(57)49(56)46(42-53)62-52)61-48(55)41-39-37-35-33-31-29-26-20-18-16-14-12-10-8-6-4-2/h14,16,20,26,45-46,49-53,56-58H,3-13,15,17-19,21-25,27-44H2,1-2H3/b16-14-,26-20-. The normalized spacial score (nSPS) is 19.7. The van der Waals surface area contributed by atoms with Crippen LogP contribution in [0.4, 0.5) is 0 Å². The van der Waals surface area contributed by atoms with E-state index < -0.39 is 49.4 Å². The Hall–Kier alpha value is -1.82. The van der Waals surface area contributed by atoms with Gasteiger partial charge in [-0.3, -0.25) is 9.59 Å². The molecule has 0 bridgehead atoms. The number of carbonyl (C=O) groups excluding carboxylic acids is 2. The number of esters is 2. The van der Waals surface area contributed by atoms with Crippen molar-refractivity contribution in [2.75, 3.05) is 19.8 Å². The predicted octanol–water partition coefficient (Wildman–Crippen LogP) is 12.1. The van der Waals surface area contributed by atoms with Gasteiger partial charge < -0.3 is 39.4 Å². The number of rotatable bonds is 44. The van der Waals surface area contributed by atoms with E-state index in [1.807, 2.05) is 0 Å². The van der Waals surface area contributed by atoms with Gasteiger partial charge in [0.25, 0.3) is 0 Å². The lowest BCUT2D eigenvalue weighted by Crippen LogP contribution is -2.59. The summed E-state index contributed by atoms with van der Waals surface area (Å²) in [7, 11) is 0. The summed E-state index contributed by atoms with van der Waals surface area (Å²) < 4.78 is 22.2. The quantitative estimate of drug-likeness (QED) is 0.0264. The van der Waals surface area contributed by atoms with Gasteiger partial charge in [-0.1, -0.05) is 205 Å². The zero-order valence-corrected chi connectivity index (χ0v) is 39.9. The smallest absolute Gasteiger partial charge is 0.306 e. The van der Waals surface area contributed by atoms with Crippen molar-refractivity contribution in [3.63, 3.8) is 0 Å². The Morgan fingerprint density at radius 2 is 0.903 bits per heavy atom. The van der Waals surface area contributed by atoms with Gasteiger partial charge in [0.05, 0.1) is 13.2 Å². The molecule has 62 heavy (non-hydrogen) atoms. The van der Waals surface area contributed by atoms with E-state index in [0.29, 0.717) is 6.42 Å². The van der Waals surface area contributed by atoms with Crippen LogP contribution in [0.1, 0.15) is 239 Å². The Morgan fingerprint density at radius 1 is 0.500 bits per heavy atom. The fourth-order valence-corrected chi connectivity index (χ4v) is 7.99. The minimum absolute atomic E-state index is 0.217. The Kier molecular flexibility index (Phi) is 40.4. The van der Waals surface area contributed by atoms with Gasteiger partial charge >= 0.3 is 11.9 Å². The minimum atomic E-state index is -1.60. The molecule has 0 aliphatic carbocycles. The van der Waals surface area contributed by atoms with Crippen molar-refractivity contribution in [1.82, 2.24) is 0 Å². The van der Waals surface area contributed by atoms with Crippen molar-refractivity contribution >= 4 is 11.9 Å². The molecule has 6 atom stereocenters. The molecule has 10 heteroatoms. The van der Waals surface area contributed by atoms with Gasteiger partial charge in [-0.25, -0.2) is 0 Å². The zero-order chi connectivity index (χ0) is 45.1. The van der Waals surface area contributed by atoms with E-state index in [1.165, 1.54) is 148 Å². The third kappa shape index (κ3) is 33.7. The molecule has 0 radical (unpaired) electrons. The average Bonchev–Trinajstić information content (AvgIpc) is 3.27. The first kappa shape index (κ1) is 58.2. The second kappa shape index (κ2) is 43.1. The second-order valence-corrected chi connectivity index (χ2v) is 18.0. The highest BCUT2D eigenvalue weighted by atomic mass is 16.7. The minimum Gasteiger partial charge on any atom is -0.462 e. The van der Waals surface area contributed by atoms with E-state index in [4.69, 9.17) is 18.9 Å². The Labute approximate surface area is 379 Å². The van der Waals surface area contributed by atoms with Crippen molar-refractivity contribution in [3.8, 4) is 0 Å². The number of carbonyl (C=O) groups is 2. The van der Waals surface area contributed by atoms with Crippen molar-refractivity contribution in [3.05, 3.63) is 24.3 Å². The number of allylic oxidation sites excluding steroid dienone is 4. The molecule has 1 saturated heterocycles. The molecule has 0 spiro atoms. The van der Waals surface area contributed by atoms with Crippen LogP contribution in [0, 0.1) is 0 Å². The molecule has 0 aromatic carbocycles. The van der Waals surface area contributed by atoms with Crippen LogP contribution in [-0.2, 0) is 28.5 Å². The van der Waals surface area contributed by atoms with Crippen LogP contribution in [0.3, 0.4) is 0 Å². The summed E-state index contributed by atoms with van der Waals surface area (Å²) in [4.78, 5) is 25.4. The molecule has 1 aliphatic rings. The average molecular weight is 881 g/mol. The highest BCUT2D eigenvalue weighted by Crippen LogP contribution is 2.23. The molecule has 1 fully saturated rings. The molecule has 6 unspecified atom stereocenters. The number of aliphatic hydroxyl groups excluding tert-OH is 4. The summed E-state index contributed by atoms with van der Waals surface area (Å²) in [5.74, 6) is -0.810. The number of ether oxygens (including phenoxy) is 4. The van der Waals surface area contributed by atoms with Crippen molar-refractivity contribution in [2.45, 2.75) is 275 Å². The number of hydrogen-bond donors (Lipinski definition) is 4. The summed E-state index contributed by atoms with van der Waals surface area (Å²) in [5.41, 5.74) is 0. The van der Waals surface area contributed by atoms with Gasteiger partial charge in [-0.15, -0.1) is 0 Å². The molecule has 0 aromatic rings. The Morgan fingerprint density at radius 3 is 1.35 bits per heavy atom. The molecule has 10 nitrogen and oxygen atoms in total. The highest BCUT2D eigenvalue weighted by molar-refractivity contribution is 5.70. The number of hydrogen-bond acceptors (Lipinski definition) is 10. The molecule has 1 aliphatic heterocycles. The molecule has 1 heterocycles. The first-order chi connectivity index (χ1) is 30.3. The summed E-state index contributed by atoms with van der Waals surface area (Å²) >= 11 is 0. The SMILES string of the molecule is CCCCCC/C=C\C/C=C\CCCCCCCC(=O)OC(COC(=O)CCCCCCCCCCCCCCCCCCCCCCC)COC1OC(CO)C(O)C(O)C1O. The van der Waals surface area contributed by atoms with Crippen LogP contribution in [0.2, 0.25) is 0 Å². The maximum absolute atomic E-state index is 12.8. The van der Waals surface area contributed by atoms with Gasteiger partial charge in [0.2, 0.25) is 0 Å². The summed E-state index contributed by atoms with van der Waals surface area (Å²) in [6, 6.07) is 0. The summed E-state index contributed by atoms with van der Waals surface area (Å²) in [6.45, 7) is 3.43. The van der Waals surface area contributed by atoms with E-state index >= 15 is 0 Å². The molecule has 364 valence electrons. The molecule has 0 aromatic heterocycles. The molecule has 1 rings (SSSR count). The van der Waals surface area contributed by atoms with Crippen LogP contribution in [0.15, 0.2) is 24.3 Å². The Bertz CT molecular complexity index is 1060. The number of unbranched alkanes of at least 4 members (excludes halogenated alkanes) is 29. The van der Waals surface area contributed by atoms with E-state index in [-0.39, 0.29) is 32.0 Å². The van der Waals surface area contributed by atoms with Gasteiger partial charge in [-0.05, 0) is 44.9 Å². The molecule has 0 saturated carbocycles. The molecular formula is C52H96O10. The van der Waals surface area contributed by atoms with Crippen molar-refractivity contribution in [2.24, 2.45) is 0 Å². The Balaban J connectivity index is 2.24. The van der Waals surface area contributed by atoms with Gasteiger partial charge in [0.1, 0.15) is 31.0 Å². The second-order valence-electron chi connectivity index (χ2n) is 18.0. The fraction of sp³-hybridized carbons (Fsp3) is 0.885. The molecule has 4 N–H and O–H groups in total. The van der Waals surface area contributed by atoms with Crippen LogP contribution in [0.5, 0.6) is 0 Å². The third-order valence-corrected chi connectivity index (χ3v) is 12.1. The zero-order valence-electron chi connectivity index (χ0n) is 39.9. The van der Waals surface area contributed by atoms with E-state index in [9.17, 15) is 30.0 Å². The summed E-state index contributed by atoms with van der Waals surface area (Å²) in [6.07, 6.45) is 41.9. The van der Waals surface area contributed by atoms with E-state index in [1.54, 1.807) is 0 Å². The predicted molar refractivity (Wildman–Crippen MR) is 252 cm³/mol. The maximum atomic E-state index is 12.8. The van der Waals surface area contributed by atoms with Crippen LogP contribution < -0.4 is 0 Å². The van der Waals surface area contributed by atoms with Crippen LogP contribution in [0.25, 0.3) is 0 Å². The summed E-state index contributed by atoms with van der Waals surface area (Å²) in [5, 5.41) is 40.2. The number of aliphatic hydroxyl groups is 4. The topological polar surface area (TPSA) is 152 Å². The largest absolute Gasteiger partial charge is 0.462 e. The van der Waals surface area contributed by atoms with Crippen LogP contribution >= 0.6 is 0 Å². The lowest BCUT2D eigenvalue weighted by atomic mass is 9.99. The maximum Gasteiger partial charge on any atom is 0.306 e. The molecular weight excluding hydrogens is 785 g/mol. The lowest BCUT2D eigenvalue weighted by Gasteiger charge is -2.39. The van der Waals surface area contributed by atoms with E-state index in [0.717, 1.165) is 57.8 Å². The lowest BCUT2D eigenvalue weighted by molar-refractivity contribution is -0.305. The van der Waals surface area contributed by atoms with Crippen molar-refractivity contribution in [1.29, 1.82) is 0 Å². The van der Waals surface area contributed by atoms with Gasteiger partial charge in [0.15, 0.2) is 12.4 Å². The van der Waals surface area contributed by atoms with Gasteiger partial charge in [0, 0.05) is 12.8 Å². The molecule has 0 amide bonds. The first-order valence-corrected chi connectivity index (χ1v) is 25.9. The van der Waals surface area contributed by atoms with Crippen molar-refractivity contribution < 1.29 is 49.0 Å². The first-order valence-electron chi connectivity index (χ1n) is 25.9. The monoisotopic (exact) mass is 881 g/mol. The van der Waals surface area contributed by atoms with E-state index in [2.05, 4.69) is 38.2 Å². The third-order valence-electron chi connectivity index (χ3n) is 12.1.